The highest BCUT2D eigenvalue weighted by Gasteiger charge is 2.40. The Balaban J connectivity index is 2.29. The predicted octanol–water partition coefficient (Wildman–Crippen LogP) is 3.46. The number of aliphatic hydroxyl groups is 1. The number of hydrogen-bond donors (Lipinski definition) is 2. The molecule has 1 saturated carbocycles. The van der Waals surface area contributed by atoms with Crippen molar-refractivity contribution in [1.82, 2.24) is 0 Å². The van der Waals surface area contributed by atoms with Gasteiger partial charge in [-0.2, -0.15) is 0 Å². The van der Waals surface area contributed by atoms with Crippen LogP contribution in [-0.2, 0) is 10.2 Å². The molecule has 2 rings (SSSR count). The van der Waals surface area contributed by atoms with E-state index in [1.807, 2.05) is 26.8 Å². The molecule has 0 spiro atoms. The maximum Gasteiger partial charge on any atom is 0.412 e. The highest BCUT2D eigenvalue weighted by molar-refractivity contribution is 5.86. The molecule has 0 heterocycles. The summed E-state index contributed by atoms with van der Waals surface area (Å²) >= 11 is 0. The van der Waals surface area contributed by atoms with Crippen LogP contribution >= 0.6 is 0 Å². The number of ether oxygens (including phenoxy) is 2. The molecule has 0 bridgehead atoms. The van der Waals surface area contributed by atoms with Crippen molar-refractivity contribution in [2.24, 2.45) is 0 Å². The van der Waals surface area contributed by atoms with E-state index >= 15 is 0 Å². The Morgan fingerprint density at radius 1 is 1.36 bits per heavy atom. The topological polar surface area (TPSA) is 67.8 Å². The lowest BCUT2D eigenvalue weighted by molar-refractivity contribution is 0.0634. The number of carbonyl (C=O) groups is 1. The molecule has 0 aliphatic heterocycles. The minimum absolute atomic E-state index is 0.0587. The van der Waals surface area contributed by atoms with Crippen LogP contribution in [0.1, 0.15) is 45.6 Å². The molecule has 2 N–H and O–H groups in total. The third-order valence-corrected chi connectivity index (χ3v) is 4.05. The van der Waals surface area contributed by atoms with Crippen LogP contribution in [0.3, 0.4) is 0 Å². The minimum atomic E-state index is -0.554. The maximum absolute atomic E-state index is 12.0. The zero-order valence-electron chi connectivity index (χ0n) is 13.7. The standard InChI is InChI=1S/C17H25NO4/c1-16(2,3)22-15(20)18-14-7-6-12(21-4)10-13(14)17(11-19)8-5-9-17/h6-7,10,19H,5,8-9,11H2,1-4H3,(H,18,20). The normalized spacial score (nSPS) is 16.6. The van der Waals surface area contributed by atoms with Crippen LogP contribution in [0.4, 0.5) is 10.5 Å². The lowest BCUT2D eigenvalue weighted by Crippen LogP contribution is -2.39. The van der Waals surface area contributed by atoms with E-state index in [-0.39, 0.29) is 12.0 Å². The SMILES string of the molecule is COc1ccc(NC(=O)OC(C)(C)C)c(C2(CO)CCC2)c1. The van der Waals surface area contributed by atoms with E-state index in [0.717, 1.165) is 24.8 Å². The Bertz CT molecular complexity index is 539. The second-order valence-electron chi connectivity index (χ2n) is 6.83. The largest absolute Gasteiger partial charge is 0.497 e. The summed E-state index contributed by atoms with van der Waals surface area (Å²) in [7, 11) is 1.60. The van der Waals surface area contributed by atoms with Gasteiger partial charge in [-0.3, -0.25) is 5.32 Å². The zero-order chi connectivity index (χ0) is 16.4. The van der Waals surface area contributed by atoms with Gasteiger partial charge in [-0.1, -0.05) is 6.42 Å². The van der Waals surface area contributed by atoms with Crippen molar-refractivity contribution in [2.45, 2.75) is 51.0 Å². The van der Waals surface area contributed by atoms with Gasteiger partial charge in [-0.15, -0.1) is 0 Å². The van der Waals surface area contributed by atoms with Crippen LogP contribution in [-0.4, -0.2) is 30.5 Å². The number of carbonyl (C=O) groups excluding carboxylic acids is 1. The van der Waals surface area contributed by atoms with Crippen LogP contribution in [0.2, 0.25) is 0 Å². The smallest absolute Gasteiger partial charge is 0.412 e. The number of aliphatic hydroxyl groups excluding tert-OH is 1. The Morgan fingerprint density at radius 2 is 2.05 bits per heavy atom. The summed E-state index contributed by atoms with van der Waals surface area (Å²) in [5, 5.41) is 12.6. The summed E-state index contributed by atoms with van der Waals surface area (Å²) in [5.74, 6) is 0.712. The molecular formula is C17H25NO4. The van der Waals surface area contributed by atoms with E-state index in [0.29, 0.717) is 11.4 Å². The monoisotopic (exact) mass is 307 g/mol. The average molecular weight is 307 g/mol. The van der Waals surface area contributed by atoms with E-state index in [2.05, 4.69) is 5.32 Å². The van der Waals surface area contributed by atoms with Crippen molar-refractivity contribution < 1.29 is 19.4 Å². The highest BCUT2D eigenvalue weighted by Crippen LogP contribution is 2.47. The van der Waals surface area contributed by atoms with Crippen molar-refractivity contribution in [3.8, 4) is 5.75 Å². The molecule has 122 valence electrons. The lowest BCUT2D eigenvalue weighted by Gasteiger charge is -2.42. The molecule has 1 amide bonds. The van der Waals surface area contributed by atoms with E-state index in [1.54, 1.807) is 19.2 Å². The first kappa shape index (κ1) is 16.6. The van der Waals surface area contributed by atoms with Gasteiger partial charge in [0.2, 0.25) is 0 Å². The third-order valence-electron chi connectivity index (χ3n) is 4.05. The number of anilines is 1. The van der Waals surface area contributed by atoms with Crippen LogP contribution in [0.25, 0.3) is 0 Å². The fourth-order valence-electron chi connectivity index (χ4n) is 2.73. The summed E-state index contributed by atoms with van der Waals surface area (Å²) in [6.07, 6.45) is 2.38. The predicted molar refractivity (Wildman–Crippen MR) is 85.5 cm³/mol. The molecule has 1 aliphatic carbocycles. The molecule has 0 atom stereocenters. The lowest BCUT2D eigenvalue weighted by atomic mass is 9.64. The number of rotatable bonds is 4. The van der Waals surface area contributed by atoms with E-state index in [9.17, 15) is 9.90 Å². The summed E-state index contributed by atoms with van der Waals surface area (Å²) in [6.45, 7) is 5.52. The quantitative estimate of drug-likeness (QED) is 0.894. The number of amides is 1. The average Bonchev–Trinajstić information content (AvgIpc) is 2.37. The van der Waals surface area contributed by atoms with Gasteiger partial charge in [0, 0.05) is 11.1 Å². The Labute approximate surface area is 131 Å². The molecule has 1 aromatic rings. The molecule has 1 fully saturated rings. The van der Waals surface area contributed by atoms with Gasteiger partial charge >= 0.3 is 6.09 Å². The molecule has 0 radical (unpaired) electrons. The van der Waals surface area contributed by atoms with E-state index < -0.39 is 11.7 Å². The summed E-state index contributed by atoms with van der Waals surface area (Å²) in [5.41, 5.74) is 0.732. The summed E-state index contributed by atoms with van der Waals surface area (Å²) < 4.78 is 10.6. The molecule has 5 heteroatoms. The Kier molecular flexibility index (Phi) is 4.66. The van der Waals surface area contributed by atoms with E-state index in [1.165, 1.54) is 0 Å². The van der Waals surface area contributed by atoms with Crippen molar-refractivity contribution in [2.75, 3.05) is 19.0 Å². The van der Waals surface area contributed by atoms with E-state index in [4.69, 9.17) is 9.47 Å². The van der Waals surface area contributed by atoms with Gasteiger partial charge in [0.15, 0.2) is 0 Å². The second-order valence-corrected chi connectivity index (χ2v) is 6.83. The second kappa shape index (κ2) is 6.16. The fourth-order valence-corrected chi connectivity index (χ4v) is 2.73. The van der Waals surface area contributed by atoms with Crippen LogP contribution in [0, 0.1) is 0 Å². The van der Waals surface area contributed by atoms with Gasteiger partial charge in [-0.05, 0) is 57.4 Å². The van der Waals surface area contributed by atoms with Gasteiger partial charge in [-0.25, -0.2) is 4.79 Å². The van der Waals surface area contributed by atoms with Crippen molar-refractivity contribution in [3.63, 3.8) is 0 Å². The Hall–Kier alpha value is -1.75. The summed E-state index contributed by atoms with van der Waals surface area (Å²) in [6, 6.07) is 5.48. The van der Waals surface area contributed by atoms with Gasteiger partial charge in [0.05, 0.1) is 13.7 Å². The molecule has 22 heavy (non-hydrogen) atoms. The zero-order valence-corrected chi connectivity index (χ0v) is 13.7. The third kappa shape index (κ3) is 3.53. The first-order valence-electron chi connectivity index (χ1n) is 7.59. The van der Waals surface area contributed by atoms with Gasteiger partial charge in [0.25, 0.3) is 0 Å². The molecule has 5 nitrogen and oxygen atoms in total. The van der Waals surface area contributed by atoms with Crippen LogP contribution < -0.4 is 10.1 Å². The van der Waals surface area contributed by atoms with Crippen molar-refractivity contribution in [1.29, 1.82) is 0 Å². The maximum atomic E-state index is 12.0. The fraction of sp³-hybridized carbons (Fsp3) is 0.588. The van der Waals surface area contributed by atoms with Crippen LogP contribution in [0.15, 0.2) is 18.2 Å². The number of methoxy groups -OCH3 is 1. The molecule has 1 aliphatic rings. The number of hydrogen-bond acceptors (Lipinski definition) is 4. The Morgan fingerprint density at radius 3 is 2.50 bits per heavy atom. The van der Waals surface area contributed by atoms with Gasteiger partial charge < -0.3 is 14.6 Å². The van der Waals surface area contributed by atoms with Crippen molar-refractivity contribution in [3.05, 3.63) is 23.8 Å². The molecular weight excluding hydrogens is 282 g/mol. The highest BCUT2D eigenvalue weighted by atomic mass is 16.6. The number of benzene rings is 1. The molecule has 0 aromatic heterocycles. The summed E-state index contributed by atoms with van der Waals surface area (Å²) in [4.78, 5) is 12.0. The van der Waals surface area contributed by atoms with Crippen LogP contribution in [0.5, 0.6) is 5.75 Å². The first-order chi connectivity index (χ1) is 10.3. The van der Waals surface area contributed by atoms with Crippen molar-refractivity contribution >= 4 is 11.8 Å². The molecule has 0 saturated heterocycles. The van der Waals surface area contributed by atoms with Gasteiger partial charge in [0.1, 0.15) is 11.4 Å². The molecule has 0 unspecified atom stereocenters. The first-order valence-corrected chi connectivity index (χ1v) is 7.59. The number of nitrogens with one attached hydrogen (secondary N) is 1. The molecule has 1 aromatic carbocycles. The minimum Gasteiger partial charge on any atom is -0.497 e.